The Morgan fingerprint density at radius 2 is 2.17 bits per heavy atom. The summed E-state index contributed by atoms with van der Waals surface area (Å²) < 4.78 is 0. The van der Waals surface area contributed by atoms with Gasteiger partial charge in [0.15, 0.2) is 0 Å². The molecule has 0 aliphatic rings. The van der Waals surface area contributed by atoms with Gasteiger partial charge in [-0.1, -0.05) is 6.92 Å². The summed E-state index contributed by atoms with van der Waals surface area (Å²) in [6, 6.07) is 0. The summed E-state index contributed by atoms with van der Waals surface area (Å²) in [6.07, 6.45) is 4.26. The molecule has 0 aromatic rings. The minimum absolute atomic E-state index is 0. The number of rotatable bonds is 2. The van der Waals surface area contributed by atoms with E-state index in [1.165, 1.54) is 0 Å². The zero-order valence-corrected chi connectivity index (χ0v) is 7.11. The molecule has 0 rings (SSSR count). The standard InChI is InChI=1S/C5H10.Y/c1-3-5-4-2;/h5H,1,3-4H2,2H3;/q-2;. The van der Waals surface area contributed by atoms with E-state index in [4.69, 9.17) is 0 Å². The van der Waals surface area contributed by atoms with Gasteiger partial charge in [0.2, 0.25) is 0 Å². The number of hydrogen-bond donors (Lipinski definition) is 0. The summed E-state index contributed by atoms with van der Waals surface area (Å²) in [5.41, 5.74) is 0. The second-order valence-electron chi connectivity index (χ2n) is 0.986. The summed E-state index contributed by atoms with van der Waals surface area (Å²) in [5, 5.41) is 0. The quantitative estimate of drug-likeness (QED) is 0.539. The van der Waals surface area contributed by atoms with Crippen molar-refractivity contribution in [1.29, 1.82) is 0 Å². The minimum atomic E-state index is 0. The van der Waals surface area contributed by atoms with Crippen LogP contribution in [0.5, 0.6) is 0 Å². The maximum Gasteiger partial charge on any atom is 0 e. The second-order valence-corrected chi connectivity index (χ2v) is 0.986. The molecule has 1 radical (unpaired) electrons. The van der Waals surface area contributed by atoms with Gasteiger partial charge in [0.05, 0.1) is 0 Å². The Labute approximate surface area is 65.6 Å². The summed E-state index contributed by atoms with van der Waals surface area (Å²) in [5.74, 6) is 0. The molecule has 0 fully saturated rings. The molecule has 0 bridgehead atoms. The Morgan fingerprint density at radius 3 is 2.17 bits per heavy atom. The second kappa shape index (κ2) is 9.44. The predicted octanol–water partition coefficient (Wildman–Crippen LogP) is 1.82. The van der Waals surface area contributed by atoms with Crippen LogP contribution in [0.4, 0.5) is 0 Å². The topological polar surface area (TPSA) is 0 Å². The maximum atomic E-state index is 3.62. The molecule has 0 heterocycles. The first-order chi connectivity index (χ1) is 2.41. The third-order valence-electron chi connectivity index (χ3n) is 0.493. The van der Waals surface area contributed by atoms with Crippen molar-refractivity contribution in [3.05, 3.63) is 13.3 Å². The Hall–Kier alpha value is 1.10. The van der Waals surface area contributed by atoms with Crippen LogP contribution in [-0.4, -0.2) is 0 Å². The van der Waals surface area contributed by atoms with E-state index >= 15 is 0 Å². The van der Waals surface area contributed by atoms with Crippen LogP contribution >= 0.6 is 0 Å². The molecule has 0 aromatic carbocycles. The van der Waals surface area contributed by atoms with Gasteiger partial charge in [0.25, 0.3) is 0 Å². The van der Waals surface area contributed by atoms with Gasteiger partial charge < -0.3 is 19.8 Å². The molecule has 0 saturated carbocycles. The molecule has 0 amide bonds. The van der Waals surface area contributed by atoms with Gasteiger partial charge >= 0.3 is 0 Å². The monoisotopic (exact) mass is 159 g/mol. The van der Waals surface area contributed by atoms with Crippen LogP contribution in [0.3, 0.4) is 0 Å². The smallest absolute Gasteiger partial charge is 0 e. The molecule has 6 heavy (non-hydrogen) atoms. The largest absolute Gasteiger partial charge is 0.372 e. The van der Waals surface area contributed by atoms with Crippen molar-refractivity contribution in [1.82, 2.24) is 0 Å². The Morgan fingerprint density at radius 1 is 1.67 bits per heavy atom. The van der Waals surface area contributed by atoms with Crippen LogP contribution in [0, 0.1) is 13.3 Å². The van der Waals surface area contributed by atoms with E-state index in [9.17, 15) is 0 Å². The SMILES string of the molecule is [CH2-]C[CH-]CC.[Y]. The van der Waals surface area contributed by atoms with Crippen molar-refractivity contribution in [2.75, 3.05) is 0 Å². The van der Waals surface area contributed by atoms with Gasteiger partial charge in [-0.25, -0.2) is 0 Å². The van der Waals surface area contributed by atoms with Gasteiger partial charge in [-0.3, -0.25) is 0 Å². The fourth-order valence-electron chi connectivity index (χ4n) is 0.204. The van der Waals surface area contributed by atoms with Crippen LogP contribution in [0.1, 0.15) is 19.8 Å². The molecule has 0 atom stereocenters. The molecule has 0 N–H and O–H groups in total. The van der Waals surface area contributed by atoms with Crippen LogP contribution in [-0.2, 0) is 32.7 Å². The van der Waals surface area contributed by atoms with Crippen molar-refractivity contribution in [2.45, 2.75) is 19.8 Å². The first-order valence-corrected chi connectivity index (χ1v) is 2.02. The van der Waals surface area contributed by atoms with Gasteiger partial charge in [-0.15, -0.1) is 0 Å². The molecule has 35 valence electrons. The minimum Gasteiger partial charge on any atom is -0.372 e. The summed E-state index contributed by atoms with van der Waals surface area (Å²) in [6.45, 7) is 5.74. The van der Waals surface area contributed by atoms with E-state index in [0.717, 1.165) is 12.8 Å². The van der Waals surface area contributed by atoms with Gasteiger partial charge in [0.1, 0.15) is 0 Å². The van der Waals surface area contributed by atoms with Crippen LogP contribution in [0.2, 0.25) is 0 Å². The first-order valence-electron chi connectivity index (χ1n) is 2.02. The third kappa shape index (κ3) is 8.92. The van der Waals surface area contributed by atoms with Crippen molar-refractivity contribution >= 4 is 0 Å². The average molecular weight is 159 g/mol. The van der Waals surface area contributed by atoms with E-state index < -0.39 is 0 Å². The molecular weight excluding hydrogens is 149 g/mol. The molecule has 0 saturated heterocycles. The number of hydrogen-bond acceptors (Lipinski definition) is 0. The van der Waals surface area contributed by atoms with E-state index in [0.29, 0.717) is 0 Å². The van der Waals surface area contributed by atoms with Crippen molar-refractivity contribution in [3.63, 3.8) is 0 Å². The maximum absolute atomic E-state index is 3.62. The van der Waals surface area contributed by atoms with Crippen LogP contribution in [0.15, 0.2) is 0 Å². The number of unbranched alkanes of at least 4 members (excludes halogenated alkanes) is 2. The molecule has 0 unspecified atom stereocenters. The molecule has 0 spiro atoms. The fourth-order valence-corrected chi connectivity index (χ4v) is 0.204. The molecule has 1 heteroatoms. The fraction of sp³-hybridized carbons (Fsp3) is 0.600. The Balaban J connectivity index is 0. The van der Waals surface area contributed by atoms with Crippen molar-refractivity contribution < 1.29 is 32.7 Å². The summed E-state index contributed by atoms with van der Waals surface area (Å²) in [4.78, 5) is 0. The molecule has 0 aliphatic carbocycles. The normalized spacial score (nSPS) is 7.00. The Bertz CT molecular complexity index is 11.4. The molecule has 0 nitrogen and oxygen atoms in total. The van der Waals surface area contributed by atoms with Crippen LogP contribution < -0.4 is 0 Å². The molecular formula is C5H10Y-2. The van der Waals surface area contributed by atoms with Gasteiger partial charge in [0, 0.05) is 32.7 Å². The first kappa shape index (κ1) is 10.2. The van der Waals surface area contributed by atoms with Crippen molar-refractivity contribution in [3.8, 4) is 0 Å². The van der Waals surface area contributed by atoms with E-state index in [1.807, 2.05) is 0 Å². The van der Waals surface area contributed by atoms with Gasteiger partial charge in [-0.2, -0.15) is 6.42 Å². The predicted molar refractivity (Wildman–Crippen MR) is 24.6 cm³/mol. The Kier molecular flexibility index (Phi) is 16.0. The van der Waals surface area contributed by atoms with E-state index in [1.54, 1.807) is 0 Å². The zero-order valence-electron chi connectivity index (χ0n) is 4.28. The van der Waals surface area contributed by atoms with Crippen LogP contribution in [0.25, 0.3) is 0 Å². The van der Waals surface area contributed by atoms with Gasteiger partial charge in [-0.05, 0) is 0 Å². The van der Waals surface area contributed by atoms with Crippen molar-refractivity contribution in [2.24, 2.45) is 0 Å². The average Bonchev–Trinajstić information content (AvgIpc) is 1.41. The van der Waals surface area contributed by atoms with E-state index in [-0.39, 0.29) is 32.7 Å². The third-order valence-corrected chi connectivity index (χ3v) is 0.493. The summed E-state index contributed by atoms with van der Waals surface area (Å²) in [7, 11) is 0. The zero-order chi connectivity index (χ0) is 4.12. The van der Waals surface area contributed by atoms with E-state index in [2.05, 4.69) is 20.3 Å². The molecule has 0 aliphatic heterocycles. The summed E-state index contributed by atoms with van der Waals surface area (Å²) >= 11 is 0. The molecule has 0 aromatic heterocycles.